The third kappa shape index (κ3) is 4.91. The molecule has 8 heteroatoms. The van der Waals surface area contributed by atoms with E-state index in [4.69, 9.17) is 4.84 Å². The third-order valence-corrected chi connectivity index (χ3v) is 5.94. The van der Waals surface area contributed by atoms with Crippen molar-refractivity contribution in [1.29, 1.82) is 0 Å². The quantitative estimate of drug-likeness (QED) is 0.803. The summed E-state index contributed by atoms with van der Waals surface area (Å²) in [5.41, 5.74) is 0.198. The van der Waals surface area contributed by atoms with Crippen LogP contribution >= 0.6 is 0 Å². The van der Waals surface area contributed by atoms with E-state index in [2.05, 4.69) is 5.16 Å². The van der Waals surface area contributed by atoms with Crippen molar-refractivity contribution in [3.63, 3.8) is 0 Å². The maximum Gasteiger partial charge on any atom is 0.416 e. The second-order valence-corrected chi connectivity index (χ2v) is 8.39. The Balaban J connectivity index is 1.61. The summed E-state index contributed by atoms with van der Waals surface area (Å²) in [5.74, 6) is 0.110. The number of benzene rings is 1. The second-order valence-electron chi connectivity index (χ2n) is 8.39. The molecular formula is C21H27F3N2O3. The van der Waals surface area contributed by atoms with Crippen LogP contribution < -0.4 is 0 Å². The highest BCUT2D eigenvalue weighted by Crippen LogP contribution is 2.37. The first-order valence-electron chi connectivity index (χ1n) is 9.92. The summed E-state index contributed by atoms with van der Waals surface area (Å²) in [6, 6.07) is 5.24. The molecule has 2 heterocycles. The van der Waals surface area contributed by atoms with E-state index in [1.165, 1.54) is 6.07 Å². The van der Waals surface area contributed by atoms with Gasteiger partial charge in [0.05, 0.1) is 11.3 Å². The zero-order chi connectivity index (χ0) is 21.2. The number of piperidine rings is 1. The molecule has 1 aromatic rings. The number of hydrogen-bond donors (Lipinski definition) is 1. The normalized spacial score (nSPS) is 21.8. The first-order valence-corrected chi connectivity index (χ1v) is 9.92. The molecule has 2 aliphatic heterocycles. The molecule has 0 spiro atoms. The number of halogens is 3. The van der Waals surface area contributed by atoms with Gasteiger partial charge < -0.3 is 14.8 Å². The maximum absolute atomic E-state index is 13.0. The van der Waals surface area contributed by atoms with E-state index < -0.39 is 23.3 Å². The number of amides is 1. The maximum atomic E-state index is 13.0. The molecule has 1 atom stereocenters. The fourth-order valence-electron chi connectivity index (χ4n) is 3.96. The zero-order valence-electron chi connectivity index (χ0n) is 16.7. The van der Waals surface area contributed by atoms with Crippen molar-refractivity contribution >= 4 is 11.6 Å². The van der Waals surface area contributed by atoms with Gasteiger partial charge in [0.2, 0.25) is 6.10 Å². The van der Waals surface area contributed by atoms with Crippen molar-refractivity contribution in [2.75, 3.05) is 19.7 Å². The van der Waals surface area contributed by atoms with Gasteiger partial charge in [-0.25, -0.2) is 0 Å². The molecule has 0 saturated carbocycles. The van der Waals surface area contributed by atoms with Gasteiger partial charge in [0.15, 0.2) is 0 Å². The minimum absolute atomic E-state index is 0.116. The highest BCUT2D eigenvalue weighted by molar-refractivity contribution is 5.93. The number of rotatable bonds is 5. The van der Waals surface area contributed by atoms with E-state index in [1.807, 2.05) is 13.8 Å². The lowest BCUT2D eigenvalue weighted by atomic mass is 9.74. The van der Waals surface area contributed by atoms with E-state index in [1.54, 1.807) is 11.0 Å². The van der Waals surface area contributed by atoms with Crippen LogP contribution in [0.1, 0.15) is 44.2 Å². The van der Waals surface area contributed by atoms with Crippen LogP contribution in [0.25, 0.3) is 0 Å². The lowest BCUT2D eigenvalue weighted by Crippen LogP contribution is -2.48. The van der Waals surface area contributed by atoms with Gasteiger partial charge in [-0.15, -0.1) is 0 Å². The average Bonchev–Trinajstić information content (AvgIpc) is 3.18. The molecule has 0 aromatic heterocycles. The number of nitrogens with zero attached hydrogens (tertiary/aromatic N) is 2. The molecule has 1 saturated heterocycles. The molecule has 0 unspecified atom stereocenters. The molecule has 0 radical (unpaired) electrons. The van der Waals surface area contributed by atoms with Crippen LogP contribution in [-0.4, -0.2) is 47.4 Å². The monoisotopic (exact) mass is 412 g/mol. The van der Waals surface area contributed by atoms with Crippen LogP contribution in [0.5, 0.6) is 0 Å². The first kappa shape index (κ1) is 21.6. The minimum Gasteiger partial charge on any atom is -0.396 e. The largest absolute Gasteiger partial charge is 0.416 e. The number of hydrogen-bond acceptors (Lipinski definition) is 4. The first-order chi connectivity index (χ1) is 13.6. The molecule has 1 aromatic carbocycles. The number of likely N-dealkylation sites (tertiary alicyclic amines) is 1. The number of oxime groups is 1. The van der Waals surface area contributed by atoms with Gasteiger partial charge in [-0.3, -0.25) is 4.79 Å². The van der Waals surface area contributed by atoms with Gasteiger partial charge in [-0.2, -0.15) is 13.2 Å². The Hall–Kier alpha value is -2.09. The Morgan fingerprint density at radius 3 is 2.59 bits per heavy atom. The van der Waals surface area contributed by atoms with Crippen LogP contribution in [0.15, 0.2) is 29.4 Å². The van der Waals surface area contributed by atoms with Gasteiger partial charge in [-0.1, -0.05) is 37.2 Å². The molecule has 0 aliphatic carbocycles. The van der Waals surface area contributed by atoms with E-state index in [0.717, 1.165) is 17.8 Å². The van der Waals surface area contributed by atoms with Crippen molar-refractivity contribution in [3.8, 4) is 0 Å². The molecular weight excluding hydrogens is 385 g/mol. The molecule has 1 fully saturated rings. The summed E-state index contributed by atoms with van der Waals surface area (Å²) in [4.78, 5) is 19.7. The highest BCUT2D eigenvalue weighted by Gasteiger charge is 2.39. The molecule has 3 rings (SSSR count). The minimum atomic E-state index is -4.39. The number of aliphatic hydroxyl groups is 1. The Bertz CT molecular complexity index is 769. The third-order valence-electron chi connectivity index (χ3n) is 5.94. The van der Waals surface area contributed by atoms with Crippen LogP contribution in [0.3, 0.4) is 0 Å². The Morgan fingerprint density at radius 2 is 2.03 bits per heavy atom. The molecule has 5 nitrogen and oxygen atoms in total. The lowest BCUT2D eigenvalue weighted by molar-refractivity contribution is -0.145. The van der Waals surface area contributed by atoms with Crippen molar-refractivity contribution in [2.24, 2.45) is 16.5 Å². The Labute approximate surface area is 168 Å². The predicted octanol–water partition coefficient (Wildman–Crippen LogP) is 3.65. The fourth-order valence-corrected chi connectivity index (χ4v) is 3.96. The molecule has 0 bridgehead atoms. The molecule has 29 heavy (non-hydrogen) atoms. The average molecular weight is 412 g/mol. The van der Waals surface area contributed by atoms with Crippen molar-refractivity contribution in [3.05, 3.63) is 35.4 Å². The number of carbonyl (C=O) groups excluding carboxylic acids is 1. The van der Waals surface area contributed by atoms with Crippen LogP contribution in [0.2, 0.25) is 0 Å². The Morgan fingerprint density at radius 1 is 1.34 bits per heavy atom. The highest BCUT2D eigenvalue weighted by atomic mass is 19.4. The van der Waals surface area contributed by atoms with Crippen molar-refractivity contribution in [2.45, 2.75) is 51.8 Å². The summed E-state index contributed by atoms with van der Waals surface area (Å²) in [7, 11) is 0. The van der Waals surface area contributed by atoms with Gasteiger partial charge in [0.1, 0.15) is 0 Å². The van der Waals surface area contributed by atoms with Crippen LogP contribution in [0, 0.1) is 11.3 Å². The van der Waals surface area contributed by atoms with E-state index in [9.17, 15) is 23.1 Å². The standard InChI is InChI=1S/C21H27F3N2O3/c1-14(2)17-11-18(29-25-17)19(28)26-8-6-20(13-27,7-9-26)12-15-4-3-5-16(10-15)21(22,23)24/h3-5,10,14,18,27H,6-9,11-13H2,1-2H3/t18-/m0/s1. The molecule has 1 amide bonds. The van der Waals surface area contributed by atoms with Crippen LogP contribution in [-0.2, 0) is 22.2 Å². The van der Waals surface area contributed by atoms with Crippen LogP contribution in [0.4, 0.5) is 13.2 Å². The fraction of sp³-hybridized carbons (Fsp3) is 0.619. The smallest absolute Gasteiger partial charge is 0.396 e. The van der Waals surface area contributed by atoms with E-state index >= 15 is 0 Å². The van der Waals surface area contributed by atoms with Crippen molar-refractivity contribution in [1.82, 2.24) is 4.90 Å². The zero-order valence-corrected chi connectivity index (χ0v) is 16.7. The number of alkyl halides is 3. The summed E-state index contributed by atoms with van der Waals surface area (Å²) in [6.07, 6.45) is -3.11. The topological polar surface area (TPSA) is 62.1 Å². The molecule has 160 valence electrons. The summed E-state index contributed by atoms with van der Waals surface area (Å²) in [5, 5.41) is 14.0. The predicted molar refractivity (Wildman–Crippen MR) is 102 cm³/mol. The van der Waals surface area contributed by atoms with Crippen molar-refractivity contribution < 1.29 is 27.9 Å². The number of carbonyl (C=O) groups is 1. The molecule has 1 N–H and O–H groups in total. The van der Waals surface area contributed by atoms with Gasteiger partial charge in [-0.05, 0) is 36.8 Å². The summed E-state index contributed by atoms with van der Waals surface area (Å²) >= 11 is 0. The number of aliphatic hydroxyl groups excluding tert-OH is 1. The van der Waals surface area contributed by atoms with E-state index in [-0.39, 0.29) is 18.4 Å². The van der Waals surface area contributed by atoms with E-state index in [0.29, 0.717) is 44.3 Å². The summed E-state index contributed by atoms with van der Waals surface area (Å²) in [6.45, 7) is 4.74. The Kier molecular flexibility index (Phi) is 6.22. The summed E-state index contributed by atoms with van der Waals surface area (Å²) < 4.78 is 38.9. The molecule has 2 aliphatic rings. The second kappa shape index (κ2) is 8.34. The SMILES string of the molecule is CC(C)C1=NO[C@H](C(=O)N2CCC(CO)(Cc3cccc(C(F)(F)F)c3)CC2)C1. The van der Waals surface area contributed by atoms with Gasteiger partial charge >= 0.3 is 6.18 Å². The lowest BCUT2D eigenvalue weighted by Gasteiger charge is -2.41. The van der Waals surface area contributed by atoms with Gasteiger partial charge in [0, 0.05) is 31.5 Å². The van der Waals surface area contributed by atoms with Gasteiger partial charge in [0.25, 0.3) is 5.91 Å².